The van der Waals surface area contributed by atoms with Gasteiger partial charge < -0.3 is 4.42 Å². The molecule has 0 atom stereocenters. The summed E-state index contributed by atoms with van der Waals surface area (Å²) in [6.07, 6.45) is 4.47. The van der Waals surface area contributed by atoms with E-state index in [0.29, 0.717) is 11.1 Å². The molecule has 0 aliphatic rings. The Morgan fingerprint density at radius 1 is 1.32 bits per heavy atom. The van der Waals surface area contributed by atoms with Gasteiger partial charge in [0.25, 0.3) is 10.0 Å². The van der Waals surface area contributed by atoms with E-state index in [1.165, 1.54) is 30.6 Å². The monoisotopic (exact) mass is 318 g/mol. The number of sulfonamides is 1. The summed E-state index contributed by atoms with van der Waals surface area (Å²) in [7, 11) is -3.86. The maximum Gasteiger partial charge on any atom is 0.417 e. The normalized spacial score (nSPS) is 12.0. The predicted molar refractivity (Wildman–Crippen MR) is 79.0 cm³/mol. The SMILES string of the molecule is O=c1[nH]c2ccc(S(=O)(=O)N/N=C/c3cccnc3)cc2o1. The molecule has 0 bridgehead atoms. The number of aromatic amines is 1. The minimum absolute atomic E-state index is 0.0638. The van der Waals surface area contributed by atoms with Crippen LogP contribution in [0.25, 0.3) is 11.1 Å². The smallest absolute Gasteiger partial charge is 0.408 e. The number of fused-ring (bicyclic) bond motifs is 1. The van der Waals surface area contributed by atoms with Gasteiger partial charge in [-0.15, -0.1) is 0 Å². The topological polar surface area (TPSA) is 117 Å². The minimum Gasteiger partial charge on any atom is -0.408 e. The molecule has 2 aromatic heterocycles. The van der Waals surface area contributed by atoms with E-state index in [4.69, 9.17) is 4.42 Å². The Labute approximate surface area is 124 Å². The first-order valence-corrected chi connectivity index (χ1v) is 7.61. The maximum absolute atomic E-state index is 12.1. The number of benzene rings is 1. The van der Waals surface area contributed by atoms with Crippen LogP contribution >= 0.6 is 0 Å². The third-order valence-corrected chi connectivity index (χ3v) is 3.99. The number of H-pyrrole nitrogens is 1. The van der Waals surface area contributed by atoms with Crippen LogP contribution in [0, 0.1) is 0 Å². The van der Waals surface area contributed by atoms with Crippen LogP contribution in [-0.2, 0) is 10.0 Å². The van der Waals surface area contributed by atoms with Gasteiger partial charge >= 0.3 is 5.76 Å². The Kier molecular flexibility index (Phi) is 3.47. The van der Waals surface area contributed by atoms with Gasteiger partial charge in [0.05, 0.1) is 16.6 Å². The molecule has 8 nitrogen and oxygen atoms in total. The lowest BCUT2D eigenvalue weighted by molar-refractivity contribution is 0.553. The molecule has 0 radical (unpaired) electrons. The van der Waals surface area contributed by atoms with Crippen LogP contribution in [0.4, 0.5) is 0 Å². The van der Waals surface area contributed by atoms with Crippen molar-refractivity contribution in [1.29, 1.82) is 0 Å². The molecule has 22 heavy (non-hydrogen) atoms. The molecule has 0 fully saturated rings. The van der Waals surface area contributed by atoms with Crippen molar-refractivity contribution in [2.24, 2.45) is 5.10 Å². The van der Waals surface area contributed by atoms with Crippen molar-refractivity contribution in [2.45, 2.75) is 4.90 Å². The van der Waals surface area contributed by atoms with Gasteiger partial charge in [0.2, 0.25) is 0 Å². The van der Waals surface area contributed by atoms with Gasteiger partial charge in [0.1, 0.15) is 0 Å². The summed E-state index contributed by atoms with van der Waals surface area (Å²) < 4.78 is 29.0. The standard InChI is InChI=1S/C13H10N4O4S/c18-13-16-11-4-3-10(6-12(11)21-13)22(19,20)17-15-8-9-2-1-5-14-7-9/h1-8,17H,(H,16,18)/b15-8+. The van der Waals surface area contributed by atoms with E-state index in [-0.39, 0.29) is 10.5 Å². The molecule has 9 heteroatoms. The number of hydrogen-bond acceptors (Lipinski definition) is 6. The summed E-state index contributed by atoms with van der Waals surface area (Å²) in [4.78, 5) is 19.4. The molecule has 0 spiro atoms. The summed E-state index contributed by atoms with van der Waals surface area (Å²) in [6, 6.07) is 7.47. The first-order valence-electron chi connectivity index (χ1n) is 6.12. The van der Waals surface area contributed by atoms with Crippen molar-refractivity contribution in [2.75, 3.05) is 0 Å². The van der Waals surface area contributed by atoms with Crippen LogP contribution in [0.5, 0.6) is 0 Å². The van der Waals surface area contributed by atoms with Crippen LogP contribution in [0.3, 0.4) is 0 Å². The van der Waals surface area contributed by atoms with Crippen molar-refractivity contribution in [3.05, 3.63) is 58.8 Å². The zero-order valence-electron chi connectivity index (χ0n) is 11.1. The van der Waals surface area contributed by atoms with Gasteiger partial charge in [0, 0.05) is 24.0 Å². The van der Waals surface area contributed by atoms with Crippen LogP contribution in [0.15, 0.2) is 61.9 Å². The number of nitrogens with one attached hydrogen (secondary N) is 2. The fourth-order valence-corrected chi connectivity index (χ4v) is 2.57. The minimum atomic E-state index is -3.86. The van der Waals surface area contributed by atoms with Gasteiger partial charge in [-0.1, -0.05) is 6.07 Å². The second-order valence-electron chi connectivity index (χ2n) is 4.31. The fraction of sp³-hybridized carbons (Fsp3) is 0. The van der Waals surface area contributed by atoms with Crippen molar-refractivity contribution >= 4 is 27.3 Å². The van der Waals surface area contributed by atoms with Crippen LogP contribution in [-0.4, -0.2) is 24.6 Å². The van der Waals surface area contributed by atoms with E-state index in [2.05, 4.69) is 19.9 Å². The molecule has 0 aliphatic carbocycles. The Balaban J connectivity index is 1.85. The van der Waals surface area contributed by atoms with E-state index in [9.17, 15) is 13.2 Å². The average Bonchev–Trinajstić information content (AvgIpc) is 2.87. The number of hydrazone groups is 1. The third kappa shape index (κ3) is 2.88. The molecule has 0 unspecified atom stereocenters. The number of hydrogen-bond donors (Lipinski definition) is 2. The highest BCUT2D eigenvalue weighted by Gasteiger charge is 2.14. The molecule has 112 valence electrons. The first-order chi connectivity index (χ1) is 10.5. The van der Waals surface area contributed by atoms with Crippen LogP contribution in [0.2, 0.25) is 0 Å². The summed E-state index contributed by atoms with van der Waals surface area (Å²) in [5, 5.41) is 3.67. The second kappa shape index (κ2) is 5.45. The lowest BCUT2D eigenvalue weighted by atomic mass is 10.3. The predicted octanol–water partition coefficient (Wildman–Crippen LogP) is 0.828. The van der Waals surface area contributed by atoms with E-state index in [1.54, 1.807) is 18.3 Å². The highest BCUT2D eigenvalue weighted by Crippen LogP contribution is 2.16. The number of nitrogens with zero attached hydrogens (tertiary/aromatic N) is 2. The first kappa shape index (κ1) is 14.0. The molecule has 0 saturated carbocycles. The van der Waals surface area contributed by atoms with Gasteiger partial charge in [-0.3, -0.25) is 9.97 Å². The van der Waals surface area contributed by atoms with E-state index < -0.39 is 15.8 Å². The van der Waals surface area contributed by atoms with Crippen molar-refractivity contribution in [3.8, 4) is 0 Å². The molecule has 0 aliphatic heterocycles. The maximum atomic E-state index is 12.1. The van der Waals surface area contributed by atoms with Crippen molar-refractivity contribution < 1.29 is 12.8 Å². The van der Waals surface area contributed by atoms with Gasteiger partial charge in [-0.05, 0) is 18.2 Å². The number of rotatable bonds is 4. The van der Waals surface area contributed by atoms with Crippen LogP contribution in [0.1, 0.15) is 5.56 Å². The Bertz CT molecular complexity index is 990. The van der Waals surface area contributed by atoms with Gasteiger partial charge in [-0.25, -0.2) is 9.63 Å². The Morgan fingerprint density at radius 2 is 2.18 bits per heavy atom. The average molecular weight is 318 g/mol. The molecule has 0 saturated heterocycles. The second-order valence-corrected chi connectivity index (χ2v) is 5.97. The highest BCUT2D eigenvalue weighted by atomic mass is 32.2. The van der Waals surface area contributed by atoms with Crippen LogP contribution < -0.4 is 10.6 Å². The lowest BCUT2D eigenvalue weighted by Gasteiger charge is -2.02. The molecule has 2 heterocycles. The summed E-state index contributed by atoms with van der Waals surface area (Å²) >= 11 is 0. The van der Waals surface area contributed by atoms with Crippen molar-refractivity contribution in [1.82, 2.24) is 14.8 Å². The highest BCUT2D eigenvalue weighted by molar-refractivity contribution is 7.89. The van der Waals surface area contributed by atoms with E-state index >= 15 is 0 Å². The summed E-state index contributed by atoms with van der Waals surface area (Å²) in [5.41, 5.74) is 1.23. The Hall–Kier alpha value is -2.94. The molecule has 1 aromatic carbocycles. The number of aromatic nitrogens is 2. The van der Waals surface area contributed by atoms with Gasteiger partial charge in [0.15, 0.2) is 5.58 Å². The van der Waals surface area contributed by atoms with E-state index in [0.717, 1.165) is 0 Å². The zero-order valence-corrected chi connectivity index (χ0v) is 11.9. The lowest BCUT2D eigenvalue weighted by Crippen LogP contribution is -2.18. The van der Waals surface area contributed by atoms with Gasteiger partial charge in [-0.2, -0.15) is 13.5 Å². The van der Waals surface area contributed by atoms with E-state index in [1.807, 2.05) is 0 Å². The Morgan fingerprint density at radius 3 is 2.95 bits per heavy atom. The molecule has 3 rings (SSSR count). The molecular weight excluding hydrogens is 308 g/mol. The largest absolute Gasteiger partial charge is 0.417 e. The fourth-order valence-electron chi connectivity index (χ4n) is 1.77. The number of oxazole rings is 1. The number of pyridine rings is 1. The zero-order chi connectivity index (χ0) is 15.6. The molecule has 2 N–H and O–H groups in total. The third-order valence-electron chi connectivity index (χ3n) is 2.77. The molecular formula is C13H10N4O4S. The molecule has 3 aromatic rings. The summed E-state index contributed by atoms with van der Waals surface area (Å²) in [6.45, 7) is 0. The van der Waals surface area contributed by atoms with Crippen molar-refractivity contribution in [3.63, 3.8) is 0 Å². The molecule has 0 amide bonds. The quantitative estimate of drug-likeness (QED) is 0.545. The summed E-state index contributed by atoms with van der Waals surface area (Å²) in [5.74, 6) is -0.646.